The average molecular weight is 348 g/mol. The smallest absolute Gasteiger partial charge is 0.145 e. The van der Waals surface area contributed by atoms with E-state index in [0.29, 0.717) is 5.02 Å². The van der Waals surface area contributed by atoms with Crippen molar-refractivity contribution < 1.29 is 13.5 Å². The lowest BCUT2D eigenvalue weighted by molar-refractivity contribution is 0.102. The predicted molar refractivity (Wildman–Crippen MR) is 74.0 cm³/mol. The Morgan fingerprint density at radius 1 is 1.05 bits per heavy atom. The van der Waals surface area contributed by atoms with Gasteiger partial charge in [-0.05, 0) is 39.7 Å². The Kier molecular flexibility index (Phi) is 4.91. The van der Waals surface area contributed by atoms with Crippen LogP contribution in [0, 0.1) is 11.6 Å². The molecule has 0 aliphatic heterocycles. The Bertz CT molecular complexity index is 590. The molecular formula is C14H10BrClF2O. The maximum Gasteiger partial charge on any atom is 0.145 e. The van der Waals surface area contributed by atoms with Crippen LogP contribution in [0.3, 0.4) is 0 Å². The molecule has 0 saturated carbocycles. The van der Waals surface area contributed by atoms with Crippen LogP contribution in [0.15, 0.2) is 40.9 Å². The first-order valence-electron chi connectivity index (χ1n) is 5.53. The first-order valence-corrected chi connectivity index (χ1v) is 6.70. The van der Waals surface area contributed by atoms with Crippen LogP contribution in [0.4, 0.5) is 8.78 Å². The molecule has 0 unspecified atom stereocenters. The molecule has 2 rings (SSSR count). The second-order valence-corrected chi connectivity index (χ2v) is 5.17. The summed E-state index contributed by atoms with van der Waals surface area (Å²) in [5, 5.41) is 0.567. The summed E-state index contributed by atoms with van der Waals surface area (Å²) in [6, 6.07) is 9.68. The molecule has 0 amide bonds. The van der Waals surface area contributed by atoms with E-state index in [1.165, 1.54) is 12.1 Å². The van der Waals surface area contributed by atoms with Crippen LogP contribution in [-0.4, -0.2) is 0 Å². The lowest BCUT2D eigenvalue weighted by Crippen LogP contribution is -2.01. The van der Waals surface area contributed by atoms with E-state index in [2.05, 4.69) is 15.9 Å². The van der Waals surface area contributed by atoms with Gasteiger partial charge in [-0.15, -0.1) is 0 Å². The average Bonchev–Trinajstić information content (AvgIpc) is 2.40. The highest BCUT2D eigenvalue weighted by Gasteiger charge is 2.12. The van der Waals surface area contributed by atoms with Crippen LogP contribution < -0.4 is 0 Å². The van der Waals surface area contributed by atoms with Crippen molar-refractivity contribution >= 4 is 27.5 Å². The maximum atomic E-state index is 13.7. The van der Waals surface area contributed by atoms with Crippen molar-refractivity contribution in [1.29, 1.82) is 0 Å². The molecule has 0 N–H and O–H groups in total. The highest BCUT2D eigenvalue weighted by molar-refractivity contribution is 9.10. The van der Waals surface area contributed by atoms with Gasteiger partial charge in [0.1, 0.15) is 11.6 Å². The summed E-state index contributed by atoms with van der Waals surface area (Å²) in [7, 11) is 0. The van der Waals surface area contributed by atoms with Crippen LogP contribution in [0.1, 0.15) is 11.1 Å². The molecule has 2 aromatic carbocycles. The van der Waals surface area contributed by atoms with Gasteiger partial charge in [-0.1, -0.05) is 29.8 Å². The summed E-state index contributed by atoms with van der Waals surface area (Å²) in [6.07, 6.45) is 0. The first-order chi connectivity index (χ1) is 9.09. The minimum Gasteiger partial charge on any atom is -0.372 e. The molecule has 0 radical (unpaired) electrons. The molecule has 0 bridgehead atoms. The lowest BCUT2D eigenvalue weighted by Gasteiger charge is -2.08. The first kappa shape index (κ1) is 14.4. The topological polar surface area (TPSA) is 9.23 Å². The fraction of sp³-hybridized carbons (Fsp3) is 0.143. The van der Waals surface area contributed by atoms with Gasteiger partial charge in [0, 0.05) is 5.02 Å². The molecule has 100 valence electrons. The van der Waals surface area contributed by atoms with Gasteiger partial charge in [0.25, 0.3) is 0 Å². The van der Waals surface area contributed by atoms with E-state index in [0.717, 1.165) is 5.56 Å². The van der Waals surface area contributed by atoms with Gasteiger partial charge in [-0.25, -0.2) is 8.78 Å². The van der Waals surface area contributed by atoms with Gasteiger partial charge in [0.15, 0.2) is 0 Å². The van der Waals surface area contributed by atoms with Crippen molar-refractivity contribution in [2.75, 3.05) is 0 Å². The van der Waals surface area contributed by atoms with E-state index < -0.39 is 11.6 Å². The normalized spacial score (nSPS) is 10.7. The van der Waals surface area contributed by atoms with Crippen LogP contribution in [0.5, 0.6) is 0 Å². The SMILES string of the molecule is Fc1ccc(Br)c(F)c1COCc1ccccc1Cl. The maximum absolute atomic E-state index is 13.7. The number of hydrogen-bond acceptors (Lipinski definition) is 1. The van der Waals surface area contributed by atoms with Gasteiger partial charge in [0.2, 0.25) is 0 Å². The van der Waals surface area contributed by atoms with Crippen LogP contribution in [0.25, 0.3) is 0 Å². The molecule has 0 spiro atoms. The molecule has 0 saturated heterocycles. The Hall–Kier alpha value is -0.970. The number of ether oxygens (including phenoxy) is 1. The van der Waals surface area contributed by atoms with Gasteiger partial charge in [-0.2, -0.15) is 0 Å². The Labute approximate surface area is 123 Å². The van der Waals surface area contributed by atoms with Crippen LogP contribution in [-0.2, 0) is 18.0 Å². The molecule has 0 heterocycles. The summed E-state index contributed by atoms with van der Waals surface area (Å²) in [6.45, 7) is 0.0490. The predicted octanol–water partition coefficient (Wildman–Crippen LogP) is 5.10. The highest BCUT2D eigenvalue weighted by atomic mass is 79.9. The Morgan fingerprint density at radius 3 is 2.53 bits per heavy atom. The second-order valence-electron chi connectivity index (χ2n) is 3.91. The van der Waals surface area contributed by atoms with Gasteiger partial charge in [0.05, 0.1) is 23.2 Å². The molecule has 0 aliphatic carbocycles. The monoisotopic (exact) mass is 346 g/mol. The minimum absolute atomic E-state index is 0.0959. The van der Waals surface area contributed by atoms with Crippen LogP contribution in [0.2, 0.25) is 5.02 Å². The van der Waals surface area contributed by atoms with Crippen molar-refractivity contribution in [1.82, 2.24) is 0 Å². The molecule has 0 fully saturated rings. The third-order valence-electron chi connectivity index (χ3n) is 2.60. The van der Waals surface area contributed by atoms with E-state index in [9.17, 15) is 8.78 Å². The zero-order valence-corrected chi connectivity index (χ0v) is 12.1. The molecule has 0 aromatic heterocycles. The number of hydrogen-bond donors (Lipinski definition) is 0. The van der Waals surface area contributed by atoms with Crippen molar-refractivity contribution in [3.63, 3.8) is 0 Å². The summed E-state index contributed by atoms with van der Waals surface area (Å²) in [4.78, 5) is 0. The lowest BCUT2D eigenvalue weighted by atomic mass is 10.2. The van der Waals surface area contributed by atoms with E-state index in [1.807, 2.05) is 6.07 Å². The molecule has 0 atom stereocenters. The Balaban J connectivity index is 2.04. The van der Waals surface area contributed by atoms with E-state index in [4.69, 9.17) is 16.3 Å². The Morgan fingerprint density at radius 2 is 1.79 bits per heavy atom. The quantitative estimate of drug-likeness (QED) is 0.699. The number of rotatable bonds is 4. The third kappa shape index (κ3) is 3.53. The summed E-state index contributed by atoms with van der Waals surface area (Å²) in [5.74, 6) is -1.26. The molecule has 1 nitrogen and oxygen atoms in total. The largest absolute Gasteiger partial charge is 0.372 e. The summed E-state index contributed by atoms with van der Waals surface area (Å²) in [5.41, 5.74) is 0.682. The molecule has 2 aromatic rings. The van der Waals surface area contributed by atoms with Crippen LogP contribution >= 0.6 is 27.5 Å². The second kappa shape index (κ2) is 6.46. The fourth-order valence-electron chi connectivity index (χ4n) is 1.58. The van der Waals surface area contributed by atoms with Gasteiger partial charge in [-0.3, -0.25) is 0 Å². The number of benzene rings is 2. The molecule has 19 heavy (non-hydrogen) atoms. The molecule has 5 heteroatoms. The van der Waals surface area contributed by atoms with E-state index in [-0.39, 0.29) is 23.2 Å². The third-order valence-corrected chi connectivity index (χ3v) is 3.58. The van der Waals surface area contributed by atoms with E-state index in [1.54, 1.807) is 18.2 Å². The van der Waals surface area contributed by atoms with Gasteiger partial charge >= 0.3 is 0 Å². The van der Waals surface area contributed by atoms with Crippen molar-refractivity contribution in [2.24, 2.45) is 0 Å². The summed E-state index contributed by atoms with van der Waals surface area (Å²) < 4.78 is 32.7. The van der Waals surface area contributed by atoms with Crippen molar-refractivity contribution in [3.05, 3.63) is 68.7 Å². The van der Waals surface area contributed by atoms with Crippen molar-refractivity contribution in [2.45, 2.75) is 13.2 Å². The minimum atomic E-state index is -0.640. The zero-order chi connectivity index (χ0) is 13.8. The van der Waals surface area contributed by atoms with Gasteiger partial charge < -0.3 is 4.74 Å². The van der Waals surface area contributed by atoms with E-state index >= 15 is 0 Å². The molecular weight excluding hydrogens is 338 g/mol. The standard InChI is InChI=1S/C14H10BrClF2O/c15-11-5-6-13(17)10(14(11)18)8-19-7-9-3-1-2-4-12(9)16/h1-6H,7-8H2. The van der Waals surface area contributed by atoms with Crippen molar-refractivity contribution in [3.8, 4) is 0 Å². The fourth-order valence-corrected chi connectivity index (χ4v) is 2.14. The summed E-state index contributed by atoms with van der Waals surface area (Å²) >= 11 is 8.97. The zero-order valence-electron chi connectivity index (χ0n) is 9.80. The highest BCUT2D eigenvalue weighted by Crippen LogP contribution is 2.23. The number of halogens is 4. The molecule has 0 aliphatic rings.